The minimum absolute atomic E-state index is 0.351. The Bertz CT molecular complexity index is 497. The fourth-order valence-electron chi connectivity index (χ4n) is 3.58. The highest BCUT2D eigenvalue weighted by molar-refractivity contribution is 5.81. The van der Waals surface area contributed by atoms with Crippen LogP contribution >= 0.6 is 0 Å². The molecule has 3 atom stereocenters. The molecule has 0 radical (unpaired) electrons. The highest BCUT2D eigenvalue weighted by atomic mass is 16.2. The Labute approximate surface area is 134 Å². The molecule has 1 heterocycles. The van der Waals surface area contributed by atoms with Crippen LogP contribution in [0.4, 0.5) is 0 Å². The van der Waals surface area contributed by atoms with Crippen LogP contribution in [0.15, 0.2) is 30.3 Å². The Hall–Kier alpha value is -1.35. The Morgan fingerprint density at radius 1 is 1.27 bits per heavy atom. The molecule has 1 N–H and O–H groups in total. The molecule has 1 amide bonds. The number of benzene rings is 1. The maximum Gasteiger partial charge on any atom is 0.225 e. The van der Waals surface area contributed by atoms with Gasteiger partial charge in [0, 0.05) is 31.1 Å². The summed E-state index contributed by atoms with van der Waals surface area (Å²) in [6.07, 6.45) is 4.38. The molecule has 2 aliphatic rings. The van der Waals surface area contributed by atoms with Gasteiger partial charge in [0.1, 0.15) is 0 Å². The first-order chi connectivity index (χ1) is 10.7. The third kappa shape index (κ3) is 3.52. The lowest BCUT2D eigenvalue weighted by molar-refractivity contribution is -0.134. The number of carbonyl (C=O) groups excluding carboxylic acids is 1. The molecule has 3 nitrogen and oxygen atoms in total. The number of nitrogens with zero attached hydrogens (tertiary/aromatic N) is 1. The molecule has 22 heavy (non-hydrogen) atoms. The maximum atomic E-state index is 12.2. The Balaban J connectivity index is 1.57. The molecule has 1 aromatic carbocycles. The van der Waals surface area contributed by atoms with Gasteiger partial charge in [0.15, 0.2) is 0 Å². The summed E-state index contributed by atoms with van der Waals surface area (Å²) >= 11 is 0. The minimum atomic E-state index is 0.351. The van der Waals surface area contributed by atoms with Crippen molar-refractivity contribution < 1.29 is 4.79 Å². The summed E-state index contributed by atoms with van der Waals surface area (Å²) in [5.41, 5.74) is 1.37. The van der Waals surface area contributed by atoms with E-state index < -0.39 is 0 Å². The van der Waals surface area contributed by atoms with Crippen molar-refractivity contribution in [1.82, 2.24) is 10.2 Å². The number of nitrogens with one attached hydrogen (secondary N) is 1. The van der Waals surface area contributed by atoms with Gasteiger partial charge in [0.2, 0.25) is 5.91 Å². The third-order valence-electron chi connectivity index (χ3n) is 5.17. The standard InChI is InChI=1S/C19H28N2O/c1-3-17(15-7-5-4-6-8-15)20-18-11-12-21(13-14(18)2)19(22)16-9-10-16/h4-8,14,16-18,20H,3,9-13H2,1-2H3/t14-,17-,18+/m0/s1. The number of hydrogen-bond donors (Lipinski definition) is 1. The summed E-state index contributed by atoms with van der Waals surface area (Å²) in [7, 11) is 0. The number of carbonyl (C=O) groups is 1. The van der Waals surface area contributed by atoms with Gasteiger partial charge in [-0.3, -0.25) is 4.79 Å². The first kappa shape index (κ1) is 15.5. The van der Waals surface area contributed by atoms with Gasteiger partial charge in [-0.2, -0.15) is 0 Å². The SMILES string of the molecule is CC[C@H](N[C@@H]1CCN(C(=O)C2CC2)C[C@@H]1C)c1ccccc1. The quantitative estimate of drug-likeness (QED) is 0.904. The van der Waals surface area contributed by atoms with Gasteiger partial charge in [-0.25, -0.2) is 0 Å². The monoisotopic (exact) mass is 300 g/mol. The fourth-order valence-corrected chi connectivity index (χ4v) is 3.58. The molecule has 3 heteroatoms. The molecule has 3 rings (SSSR count). The Morgan fingerprint density at radius 2 is 2.00 bits per heavy atom. The van der Waals surface area contributed by atoms with Crippen molar-refractivity contribution in [3.8, 4) is 0 Å². The van der Waals surface area contributed by atoms with Gasteiger partial charge in [-0.05, 0) is 37.2 Å². The average molecular weight is 300 g/mol. The highest BCUT2D eigenvalue weighted by Crippen LogP contribution is 2.33. The van der Waals surface area contributed by atoms with Crippen LogP contribution in [0.5, 0.6) is 0 Å². The van der Waals surface area contributed by atoms with Crippen LogP contribution in [0.25, 0.3) is 0 Å². The van der Waals surface area contributed by atoms with Crippen LogP contribution in [-0.2, 0) is 4.79 Å². The second-order valence-corrected chi connectivity index (χ2v) is 6.97. The molecule has 1 aliphatic carbocycles. The van der Waals surface area contributed by atoms with Gasteiger partial charge in [0.25, 0.3) is 0 Å². The zero-order valence-corrected chi connectivity index (χ0v) is 13.8. The first-order valence-corrected chi connectivity index (χ1v) is 8.78. The molecule has 1 saturated heterocycles. The molecular weight excluding hydrogens is 272 g/mol. The molecule has 1 aromatic rings. The van der Waals surface area contributed by atoms with Crippen molar-refractivity contribution in [2.75, 3.05) is 13.1 Å². The van der Waals surface area contributed by atoms with E-state index >= 15 is 0 Å². The number of amides is 1. The van der Waals surface area contributed by atoms with Crippen molar-refractivity contribution >= 4 is 5.91 Å². The summed E-state index contributed by atoms with van der Waals surface area (Å²) in [6, 6.07) is 11.6. The Morgan fingerprint density at radius 3 is 2.59 bits per heavy atom. The van der Waals surface area contributed by atoms with E-state index in [2.05, 4.69) is 54.4 Å². The number of likely N-dealkylation sites (tertiary alicyclic amines) is 1. The summed E-state index contributed by atoms with van der Waals surface area (Å²) in [6.45, 7) is 6.35. The minimum Gasteiger partial charge on any atom is -0.342 e. The van der Waals surface area contributed by atoms with Crippen LogP contribution in [0.2, 0.25) is 0 Å². The topological polar surface area (TPSA) is 32.3 Å². The molecule has 0 spiro atoms. The van der Waals surface area contributed by atoms with E-state index in [9.17, 15) is 4.79 Å². The van der Waals surface area contributed by atoms with Gasteiger partial charge < -0.3 is 10.2 Å². The molecule has 0 unspecified atom stereocenters. The zero-order chi connectivity index (χ0) is 15.5. The molecule has 1 aliphatic heterocycles. The average Bonchev–Trinajstić information content (AvgIpc) is 3.39. The van der Waals surface area contributed by atoms with Crippen molar-refractivity contribution in [2.45, 2.75) is 51.6 Å². The molecular formula is C19H28N2O. The smallest absolute Gasteiger partial charge is 0.225 e. The van der Waals surface area contributed by atoms with Gasteiger partial charge >= 0.3 is 0 Å². The van der Waals surface area contributed by atoms with Gasteiger partial charge in [0.05, 0.1) is 0 Å². The largest absolute Gasteiger partial charge is 0.342 e. The van der Waals surface area contributed by atoms with E-state index in [1.165, 1.54) is 5.56 Å². The van der Waals surface area contributed by atoms with Gasteiger partial charge in [-0.15, -0.1) is 0 Å². The first-order valence-electron chi connectivity index (χ1n) is 8.78. The van der Waals surface area contributed by atoms with Crippen molar-refractivity contribution in [2.24, 2.45) is 11.8 Å². The Kier molecular flexibility index (Phi) is 4.82. The van der Waals surface area contributed by atoms with E-state index in [4.69, 9.17) is 0 Å². The molecule has 0 aromatic heterocycles. The number of hydrogen-bond acceptors (Lipinski definition) is 2. The molecule has 0 bridgehead atoms. The van der Waals surface area contributed by atoms with Crippen LogP contribution in [0.3, 0.4) is 0 Å². The van der Waals surface area contributed by atoms with Crippen molar-refractivity contribution in [3.05, 3.63) is 35.9 Å². The zero-order valence-electron chi connectivity index (χ0n) is 13.8. The van der Waals surface area contributed by atoms with Crippen molar-refractivity contribution in [1.29, 1.82) is 0 Å². The van der Waals surface area contributed by atoms with Crippen LogP contribution in [0.1, 0.15) is 51.1 Å². The molecule has 2 fully saturated rings. The lowest BCUT2D eigenvalue weighted by atomic mass is 9.91. The predicted molar refractivity (Wildman–Crippen MR) is 89.5 cm³/mol. The maximum absolute atomic E-state index is 12.2. The summed E-state index contributed by atoms with van der Waals surface area (Å²) in [4.78, 5) is 14.3. The normalized spacial score (nSPS) is 26.7. The van der Waals surface area contributed by atoms with E-state index in [1.807, 2.05) is 0 Å². The highest BCUT2D eigenvalue weighted by Gasteiger charge is 2.37. The van der Waals surface area contributed by atoms with Crippen LogP contribution in [0, 0.1) is 11.8 Å². The third-order valence-corrected chi connectivity index (χ3v) is 5.17. The lowest BCUT2D eigenvalue weighted by Gasteiger charge is -2.39. The van der Waals surface area contributed by atoms with Crippen LogP contribution in [-0.4, -0.2) is 29.9 Å². The van der Waals surface area contributed by atoms with Crippen molar-refractivity contribution in [3.63, 3.8) is 0 Å². The van der Waals surface area contributed by atoms with E-state index in [1.54, 1.807) is 0 Å². The second-order valence-electron chi connectivity index (χ2n) is 6.97. The summed E-state index contributed by atoms with van der Waals surface area (Å²) in [5.74, 6) is 1.28. The fraction of sp³-hybridized carbons (Fsp3) is 0.632. The lowest BCUT2D eigenvalue weighted by Crippen LogP contribution is -2.51. The molecule has 120 valence electrons. The van der Waals surface area contributed by atoms with E-state index in [0.717, 1.165) is 38.8 Å². The van der Waals surface area contributed by atoms with E-state index in [-0.39, 0.29) is 0 Å². The molecule has 1 saturated carbocycles. The second kappa shape index (κ2) is 6.82. The number of rotatable bonds is 5. The van der Waals surface area contributed by atoms with E-state index in [0.29, 0.717) is 29.8 Å². The number of piperidine rings is 1. The predicted octanol–water partition coefficient (Wildman–Crippen LogP) is 3.37. The summed E-state index contributed by atoms with van der Waals surface area (Å²) in [5, 5.41) is 3.84. The van der Waals surface area contributed by atoms with Crippen LogP contribution < -0.4 is 5.32 Å². The summed E-state index contributed by atoms with van der Waals surface area (Å²) < 4.78 is 0. The van der Waals surface area contributed by atoms with Gasteiger partial charge in [-0.1, -0.05) is 44.2 Å².